The largest absolute Gasteiger partial charge is 0.457 e. The minimum Gasteiger partial charge on any atom is -0.457 e. The topological polar surface area (TPSA) is 21.3 Å². The molecule has 2 nitrogen and oxygen atoms in total. The van der Waals surface area contributed by atoms with E-state index in [1.54, 1.807) is 0 Å². The molecule has 0 fully saturated rings. The standard InChI is InChI=1S/C31H20ClNO/c32-25-15-5-6-16-26(25)33-27-17-9-11-21-20-10-1-2-12-22(20)31(30(21)27)23-13-3-7-18-28(23)34-29-19-8-4-14-24(29)31/h1-19,33H. The van der Waals surface area contributed by atoms with Gasteiger partial charge in [0.2, 0.25) is 0 Å². The third kappa shape index (κ3) is 2.52. The summed E-state index contributed by atoms with van der Waals surface area (Å²) in [7, 11) is 0. The first-order chi connectivity index (χ1) is 16.8. The van der Waals surface area contributed by atoms with E-state index >= 15 is 0 Å². The number of ether oxygens (including phenoxy) is 1. The smallest absolute Gasteiger partial charge is 0.132 e. The average Bonchev–Trinajstić information content (AvgIpc) is 3.18. The van der Waals surface area contributed by atoms with Gasteiger partial charge in [-0.1, -0.05) is 96.5 Å². The van der Waals surface area contributed by atoms with Crippen LogP contribution in [0.3, 0.4) is 0 Å². The highest BCUT2D eigenvalue weighted by Gasteiger charge is 2.52. The molecule has 5 aromatic rings. The molecular formula is C31H20ClNO. The fourth-order valence-corrected chi connectivity index (χ4v) is 5.91. The molecule has 0 saturated carbocycles. The van der Waals surface area contributed by atoms with Crippen LogP contribution in [0.4, 0.5) is 11.4 Å². The predicted molar refractivity (Wildman–Crippen MR) is 139 cm³/mol. The van der Waals surface area contributed by atoms with Gasteiger partial charge in [0.05, 0.1) is 16.1 Å². The van der Waals surface area contributed by atoms with Crippen molar-refractivity contribution in [2.45, 2.75) is 5.41 Å². The average molecular weight is 458 g/mol. The molecule has 0 radical (unpaired) electrons. The third-order valence-electron chi connectivity index (χ3n) is 7.01. The molecule has 5 aromatic carbocycles. The van der Waals surface area contributed by atoms with Gasteiger partial charge in [0.25, 0.3) is 0 Å². The molecule has 1 spiro atoms. The summed E-state index contributed by atoms with van der Waals surface area (Å²) in [5.41, 5.74) is 8.65. The number of benzene rings is 5. The number of fused-ring (bicyclic) bond motifs is 9. The summed E-state index contributed by atoms with van der Waals surface area (Å²) in [4.78, 5) is 0. The third-order valence-corrected chi connectivity index (χ3v) is 7.34. The van der Waals surface area contributed by atoms with Gasteiger partial charge in [-0.05, 0) is 47.0 Å². The molecule has 0 aromatic heterocycles. The molecule has 2 aliphatic rings. The van der Waals surface area contributed by atoms with Gasteiger partial charge < -0.3 is 10.1 Å². The number of nitrogens with one attached hydrogen (secondary N) is 1. The molecule has 0 atom stereocenters. The van der Waals surface area contributed by atoms with Gasteiger partial charge in [0.15, 0.2) is 0 Å². The minimum absolute atomic E-state index is 0.512. The maximum absolute atomic E-state index is 6.57. The van der Waals surface area contributed by atoms with Crippen molar-refractivity contribution in [3.05, 3.63) is 143 Å². The Balaban J connectivity index is 1.62. The van der Waals surface area contributed by atoms with Crippen LogP contribution in [0.2, 0.25) is 5.02 Å². The molecule has 0 bridgehead atoms. The van der Waals surface area contributed by atoms with Crippen LogP contribution >= 0.6 is 11.6 Å². The maximum Gasteiger partial charge on any atom is 0.132 e. The van der Waals surface area contributed by atoms with E-state index in [9.17, 15) is 0 Å². The van der Waals surface area contributed by atoms with Crippen molar-refractivity contribution in [2.75, 3.05) is 5.32 Å². The van der Waals surface area contributed by atoms with Crippen molar-refractivity contribution in [3.8, 4) is 22.6 Å². The Bertz CT molecular complexity index is 1540. The van der Waals surface area contributed by atoms with E-state index in [2.05, 4.69) is 84.2 Å². The van der Waals surface area contributed by atoms with E-state index in [0.717, 1.165) is 34.0 Å². The van der Waals surface area contributed by atoms with Gasteiger partial charge >= 0.3 is 0 Å². The Morgan fingerprint density at radius 2 is 1.09 bits per heavy atom. The number of rotatable bonds is 2. The molecule has 3 heteroatoms. The zero-order valence-corrected chi connectivity index (χ0v) is 19.0. The maximum atomic E-state index is 6.57. The highest BCUT2D eigenvalue weighted by Crippen LogP contribution is 2.63. The Kier molecular flexibility index (Phi) is 4.15. The summed E-state index contributed by atoms with van der Waals surface area (Å²) >= 11 is 6.57. The zero-order chi connectivity index (χ0) is 22.7. The van der Waals surface area contributed by atoms with Crippen LogP contribution in [-0.2, 0) is 5.41 Å². The van der Waals surface area contributed by atoms with E-state index in [0.29, 0.717) is 5.02 Å². The summed E-state index contributed by atoms with van der Waals surface area (Å²) in [6.07, 6.45) is 0. The Morgan fingerprint density at radius 3 is 1.82 bits per heavy atom. The van der Waals surface area contributed by atoms with Crippen molar-refractivity contribution in [3.63, 3.8) is 0 Å². The minimum atomic E-state index is -0.512. The molecule has 1 heterocycles. The van der Waals surface area contributed by atoms with Gasteiger partial charge in [-0.3, -0.25) is 0 Å². The van der Waals surface area contributed by atoms with E-state index in [4.69, 9.17) is 16.3 Å². The fraction of sp³-hybridized carbons (Fsp3) is 0.0323. The van der Waals surface area contributed by atoms with E-state index in [-0.39, 0.29) is 0 Å². The quantitative estimate of drug-likeness (QED) is 0.281. The highest BCUT2D eigenvalue weighted by molar-refractivity contribution is 6.33. The lowest BCUT2D eigenvalue weighted by atomic mass is 9.65. The first kappa shape index (κ1) is 19.5. The van der Waals surface area contributed by atoms with Crippen molar-refractivity contribution in [2.24, 2.45) is 0 Å². The predicted octanol–water partition coefficient (Wildman–Crippen LogP) is 8.55. The van der Waals surface area contributed by atoms with Crippen molar-refractivity contribution >= 4 is 23.0 Å². The molecule has 1 aliphatic carbocycles. The summed E-state index contributed by atoms with van der Waals surface area (Å²) in [6.45, 7) is 0. The summed E-state index contributed by atoms with van der Waals surface area (Å²) in [6, 6.07) is 39.9. The lowest BCUT2D eigenvalue weighted by molar-refractivity contribution is 0.436. The fourth-order valence-electron chi connectivity index (χ4n) is 5.73. The van der Waals surface area contributed by atoms with Crippen LogP contribution in [-0.4, -0.2) is 0 Å². The molecule has 1 N–H and O–H groups in total. The number of anilines is 2. The molecule has 0 saturated heterocycles. The molecular weight excluding hydrogens is 438 g/mol. The van der Waals surface area contributed by atoms with Gasteiger partial charge in [0, 0.05) is 22.4 Å². The zero-order valence-electron chi connectivity index (χ0n) is 18.3. The lowest BCUT2D eigenvalue weighted by Crippen LogP contribution is -2.32. The van der Waals surface area contributed by atoms with Crippen LogP contribution in [0.1, 0.15) is 22.3 Å². The molecule has 34 heavy (non-hydrogen) atoms. The second kappa shape index (κ2) is 7.24. The van der Waals surface area contributed by atoms with Crippen molar-refractivity contribution < 1.29 is 4.74 Å². The van der Waals surface area contributed by atoms with Crippen LogP contribution in [0, 0.1) is 0 Å². The van der Waals surface area contributed by atoms with Gasteiger partial charge in [-0.2, -0.15) is 0 Å². The number of hydrogen-bond acceptors (Lipinski definition) is 2. The highest BCUT2D eigenvalue weighted by atomic mass is 35.5. The number of halogens is 1. The van der Waals surface area contributed by atoms with Gasteiger partial charge in [-0.15, -0.1) is 0 Å². The molecule has 1 aliphatic heterocycles. The van der Waals surface area contributed by atoms with Crippen molar-refractivity contribution in [1.82, 2.24) is 0 Å². The number of para-hydroxylation sites is 3. The summed E-state index contributed by atoms with van der Waals surface area (Å²) < 4.78 is 6.43. The Hall–Kier alpha value is -4.01. The Labute approximate surface area is 203 Å². The van der Waals surface area contributed by atoms with Gasteiger partial charge in [-0.25, -0.2) is 0 Å². The second-order valence-electron chi connectivity index (χ2n) is 8.72. The van der Waals surface area contributed by atoms with Crippen molar-refractivity contribution in [1.29, 1.82) is 0 Å². The second-order valence-corrected chi connectivity index (χ2v) is 9.13. The SMILES string of the molecule is Clc1ccccc1Nc1cccc2c1C1(c3ccccc3Oc3ccccc31)c1ccccc1-2. The molecule has 0 amide bonds. The first-order valence-corrected chi connectivity index (χ1v) is 11.8. The molecule has 0 unspecified atom stereocenters. The van der Waals surface area contributed by atoms with E-state index < -0.39 is 5.41 Å². The summed E-state index contributed by atoms with van der Waals surface area (Å²) in [5, 5.41) is 4.36. The Morgan fingerprint density at radius 1 is 0.529 bits per heavy atom. The van der Waals surface area contributed by atoms with Crippen LogP contribution in [0.15, 0.2) is 115 Å². The normalized spacial score (nSPS) is 13.9. The summed E-state index contributed by atoms with van der Waals surface area (Å²) in [5.74, 6) is 1.77. The van der Waals surface area contributed by atoms with E-state index in [1.165, 1.54) is 22.3 Å². The number of hydrogen-bond donors (Lipinski definition) is 1. The first-order valence-electron chi connectivity index (χ1n) is 11.4. The monoisotopic (exact) mass is 457 g/mol. The van der Waals surface area contributed by atoms with Gasteiger partial charge in [0.1, 0.15) is 11.5 Å². The van der Waals surface area contributed by atoms with Crippen LogP contribution < -0.4 is 10.1 Å². The lowest BCUT2D eigenvalue weighted by Gasteiger charge is -2.40. The van der Waals surface area contributed by atoms with E-state index in [1.807, 2.05) is 36.4 Å². The molecule has 162 valence electrons. The van der Waals surface area contributed by atoms with Crippen LogP contribution in [0.5, 0.6) is 11.5 Å². The molecule has 7 rings (SSSR count). The van der Waals surface area contributed by atoms with Crippen LogP contribution in [0.25, 0.3) is 11.1 Å².